The normalized spacial score (nSPS) is 15.0. The maximum atomic E-state index is 5.32. The van der Waals surface area contributed by atoms with Gasteiger partial charge < -0.3 is 15.4 Å². The van der Waals surface area contributed by atoms with Crippen LogP contribution in [0.3, 0.4) is 0 Å². The van der Waals surface area contributed by atoms with Gasteiger partial charge in [0.05, 0.1) is 25.5 Å². The van der Waals surface area contributed by atoms with E-state index in [1.807, 2.05) is 17.8 Å². The average molecular weight is 419 g/mol. The summed E-state index contributed by atoms with van der Waals surface area (Å²) in [6, 6.07) is 1.99. The van der Waals surface area contributed by atoms with Crippen LogP contribution in [0.5, 0.6) is 0 Å². The molecule has 0 fully saturated rings. The van der Waals surface area contributed by atoms with E-state index in [0.717, 1.165) is 50.8 Å². The monoisotopic (exact) mass is 419 g/mol. The summed E-state index contributed by atoms with van der Waals surface area (Å²) in [7, 11) is 1.93. The van der Waals surface area contributed by atoms with Gasteiger partial charge in [-0.25, -0.2) is 4.99 Å². The Hall–Kier alpha value is -1.09. The molecule has 2 rings (SSSR count). The first-order valence-electron chi connectivity index (χ1n) is 7.54. The predicted molar refractivity (Wildman–Crippen MR) is 99.6 cm³/mol. The topological polar surface area (TPSA) is 63.5 Å². The van der Waals surface area contributed by atoms with Gasteiger partial charge in [0, 0.05) is 26.3 Å². The Morgan fingerprint density at radius 1 is 1.45 bits per heavy atom. The van der Waals surface area contributed by atoms with Crippen LogP contribution in [-0.4, -0.2) is 42.0 Å². The summed E-state index contributed by atoms with van der Waals surface area (Å²) >= 11 is 0. The molecule has 0 saturated carbocycles. The molecule has 1 aromatic rings. The quantitative estimate of drug-likeness (QED) is 0.320. The zero-order valence-corrected chi connectivity index (χ0v) is 15.7. The first-order chi connectivity index (χ1) is 10.3. The lowest BCUT2D eigenvalue weighted by atomic mass is 10.1. The summed E-state index contributed by atoms with van der Waals surface area (Å²) in [6.45, 7) is 6.05. The van der Waals surface area contributed by atoms with Crippen molar-refractivity contribution < 1.29 is 4.74 Å². The Labute approximate surface area is 149 Å². The van der Waals surface area contributed by atoms with Gasteiger partial charge in [0.25, 0.3) is 0 Å². The number of nitrogens with zero attached hydrogens (tertiary/aromatic N) is 3. The smallest absolute Gasteiger partial charge is 0.191 e. The van der Waals surface area contributed by atoms with Gasteiger partial charge in [-0.3, -0.25) is 4.68 Å². The molecule has 7 heteroatoms. The van der Waals surface area contributed by atoms with Crippen LogP contribution >= 0.6 is 24.0 Å². The number of ether oxygens (including phenoxy) is 1. The maximum absolute atomic E-state index is 5.32. The summed E-state index contributed by atoms with van der Waals surface area (Å²) in [5.41, 5.74) is 2.57. The zero-order valence-electron chi connectivity index (χ0n) is 13.3. The SMILES string of the molecule is CCNC(=NCc1ccnn1C)NCCC1=CCOCC1.I. The van der Waals surface area contributed by atoms with E-state index < -0.39 is 0 Å². The van der Waals surface area contributed by atoms with Crippen LogP contribution in [0.15, 0.2) is 28.9 Å². The lowest BCUT2D eigenvalue weighted by molar-refractivity contribution is 0.153. The Morgan fingerprint density at radius 3 is 2.95 bits per heavy atom. The second-order valence-electron chi connectivity index (χ2n) is 5.01. The van der Waals surface area contributed by atoms with Gasteiger partial charge in [-0.1, -0.05) is 11.6 Å². The van der Waals surface area contributed by atoms with Crippen LogP contribution in [0.4, 0.5) is 0 Å². The van der Waals surface area contributed by atoms with Crippen molar-refractivity contribution >= 4 is 29.9 Å². The van der Waals surface area contributed by atoms with Crippen molar-refractivity contribution in [2.75, 3.05) is 26.3 Å². The van der Waals surface area contributed by atoms with Crippen molar-refractivity contribution in [2.24, 2.45) is 12.0 Å². The molecule has 0 unspecified atom stereocenters. The van der Waals surface area contributed by atoms with Crippen molar-refractivity contribution in [1.82, 2.24) is 20.4 Å². The predicted octanol–water partition coefficient (Wildman–Crippen LogP) is 1.83. The molecule has 0 atom stereocenters. The molecular weight excluding hydrogens is 393 g/mol. The van der Waals surface area contributed by atoms with E-state index >= 15 is 0 Å². The second-order valence-corrected chi connectivity index (χ2v) is 5.01. The zero-order chi connectivity index (χ0) is 14.9. The molecule has 0 spiro atoms. The minimum atomic E-state index is 0. The number of aliphatic imine (C=N–C) groups is 1. The molecule has 1 aliphatic rings. The van der Waals surface area contributed by atoms with Gasteiger partial charge in [0.2, 0.25) is 0 Å². The third-order valence-corrected chi connectivity index (χ3v) is 3.46. The molecule has 1 aliphatic heterocycles. The van der Waals surface area contributed by atoms with Crippen LogP contribution in [0, 0.1) is 0 Å². The summed E-state index contributed by atoms with van der Waals surface area (Å²) in [4.78, 5) is 4.59. The number of guanidine groups is 1. The third kappa shape index (κ3) is 6.35. The number of hydrogen-bond donors (Lipinski definition) is 2. The van der Waals surface area contributed by atoms with E-state index in [-0.39, 0.29) is 24.0 Å². The number of nitrogens with one attached hydrogen (secondary N) is 2. The minimum absolute atomic E-state index is 0. The van der Waals surface area contributed by atoms with Gasteiger partial charge in [0.15, 0.2) is 5.96 Å². The average Bonchev–Trinajstić information content (AvgIpc) is 2.91. The van der Waals surface area contributed by atoms with E-state index in [1.54, 1.807) is 6.20 Å². The molecule has 6 nitrogen and oxygen atoms in total. The van der Waals surface area contributed by atoms with Gasteiger partial charge in [-0.15, -0.1) is 24.0 Å². The molecule has 1 aromatic heterocycles. The molecule has 2 heterocycles. The fraction of sp³-hybridized carbons (Fsp3) is 0.600. The summed E-state index contributed by atoms with van der Waals surface area (Å²) in [5.74, 6) is 0.853. The van der Waals surface area contributed by atoms with E-state index in [1.165, 1.54) is 5.57 Å². The van der Waals surface area contributed by atoms with Crippen LogP contribution in [0.2, 0.25) is 0 Å². The Morgan fingerprint density at radius 2 is 2.32 bits per heavy atom. The third-order valence-electron chi connectivity index (χ3n) is 3.46. The van der Waals surface area contributed by atoms with Crippen LogP contribution in [0.25, 0.3) is 0 Å². The molecule has 22 heavy (non-hydrogen) atoms. The minimum Gasteiger partial charge on any atom is -0.377 e. The van der Waals surface area contributed by atoms with E-state index in [2.05, 4.69) is 33.7 Å². The highest BCUT2D eigenvalue weighted by Gasteiger charge is 2.04. The standard InChI is InChI=1S/C15H25N5O.HI/c1-3-16-15(18-12-14-5-9-19-20(14)2)17-8-4-13-6-10-21-11-7-13;/h5-6,9H,3-4,7-8,10-12H2,1-2H3,(H2,16,17,18);1H. The van der Waals surface area contributed by atoms with E-state index in [4.69, 9.17) is 4.74 Å². The Balaban J connectivity index is 0.00000242. The van der Waals surface area contributed by atoms with Crippen LogP contribution in [-0.2, 0) is 18.3 Å². The maximum Gasteiger partial charge on any atom is 0.191 e. The van der Waals surface area contributed by atoms with Crippen molar-refractivity contribution in [2.45, 2.75) is 26.3 Å². The van der Waals surface area contributed by atoms with Crippen LogP contribution < -0.4 is 10.6 Å². The first-order valence-corrected chi connectivity index (χ1v) is 7.54. The highest BCUT2D eigenvalue weighted by atomic mass is 127. The molecular formula is C15H26IN5O. The fourth-order valence-electron chi connectivity index (χ4n) is 2.19. The van der Waals surface area contributed by atoms with Gasteiger partial charge >= 0.3 is 0 Å². The number of aryl methyl sites for hydroxylation is 1. The summed E-state index contributed by atoms with van der Waals surface area (Å²) < 4.78 is 7.16. The number of hydrogen-bond acceptors (Lipinski definition) is 3. The molecule has 124 valence electrons. The lowest BCUT2D eigenvalue weighted by Crippen LogP contribution is -2.38. The molecule has 0 radical (unpaired) electrons. The number of halogens is 1. The van der Waals surface area contributed by atoms with Gasteiger partial charge in [-0.05, 0) is 25.8 Å². The summed E-state index contributed by atoms with van der Waals surface area (Å²) in [6.07, 6.45) is 6.07. The Bertz CT molecular complexity index is 498. The van der Waals surface area contributed by atoms with Crippen molar-refractivity contribution in [3.63, 3.8) is 0 Å². The lowest BCUT2D eigenvalue weighted by Gasteiger charge is -2.15. The van der Waals surface area contributed by atoms with Crippen molar-refractivity contribution in [1.29, 1.82) is 0 Å². The highest BCUT2D eigenvalue weighted by Crippen LogP contribution is 2.10. The molecule has 0 aliphatic carbocycles. The molecule has 0 saturated heterocycles. The van der Waals surface area contributed by atoms with Crippen LogP contribution in [0.1, 0.15) is 25.5 Å². The van der Waals surface area contributed by atoms with E-state index in [9.17, 15) is 0 Å². The molecule has 0 bridgehead atoms. The largest absolute Gasteiger partial charge is 0.377 e. The van der Waals surface area contributed by atoms with Crippen molar-refractivity contribution in [3.05, 3.63) is 29.6 Å². The van der Waals surface area contributed by atoms with Crippen molar-refractivity contribution in [3.8, 4) is 0 Å². The van der Waals surface area contributed by atoms with Gasteiger partial charge in [-0.2, -0.15) is 5.10 Å². The molecule has 0 amide bonds. The molecule has 0 aromatic carbocycles. The van der Waals surface area contributed by atoms with Gasteiger partial charge in [0.1, 0.15) is 0 Å². The number of rotatable bonds is 6. The molecule has 2 N–H and O–H groups in total. The fourth-order valence-corrected chi connectivity index (χ4v) is 2.19. The summed E-state index contributed by atoms with van der Waals surface area (Å²) in [5, 5.41) is 10.8. The first kappa shape index (κ1) is 19.0. The van der Waals surface area contributed by atoms with E-state index in [0.29, 0.717) is 6.54 Å². The highest BCUT2D eigenvalue weighted by molar-refractivity contribution is 14.0. The second kappa shape index (κ2) is 10.6. The number of aromatic nitrogens is 2. The Kier molecular flexibility index (Phi) is 9.14.